The zero-order valence-corrected chi connectivity index (χ0v) is 6.99. The van der Waals surface area contributed by atoms with Crippen molar-refractivity contribution in [2.45, 2.75) is 0 Å². The van der Waals surface area contributed by atoms with Gasteiger partial charge in [-0.05, 0) is 29.3 Å². The minimum absolute atomic E-state index is 0.345. The lowest BCUT2D eigenvalue weighted by Crippen LogP contribution is -1.74. The minimum Gasteiger partial charge on any atom is -0.452 e. The highest BCUT2D eigenvalue weighted by molar-refractivity contribution is 6.38. The molecule has 0 unspecified atom stereocenters. The van der Waals surface area contributed by atoms with Crippen molar-refractivity contribution in [2.75, 3.05) is 0 Å². The Balaban J connectivity index is 2.82. The molecule has 0 fully saturated rings. The minimum atomic E-state index is 0.345. The van der Waals surface area contributed by atoms with Crippen molar-refractivity contribution in [3.63, 3.8) is 0 Å². The third-order valence-corrected chi connectivity index (χ3v) is 2.15. The van der Waals surface area contributed by atoms with E-state index in [0.29, 0.717) is 10.2 Å². The summed E-state index contributed by atoms with van der Waals surface area (Å²) < 4.78 is 4.96. The highest BCUT2D eigenvalue weighted by Gasteiger charge is 2.12. The van der Waals surface area contributed by atoms with E-state index in [0.717, 1.165) is 11.1 Å². The van der Waals surface area contributed by atoms with E-state index in [1.807, 2.05) is 12.1 Å². The fourth-order valence-electron chi connectivity index (χ4n) is 1.04. The smallest absolute Gasteiger partial charge is 0.202 e. The fourth-order valence-corrected chi connectivity index (χ4v) is 1.61. The van der Waals surface area contributed by atoms with Crippen LogP contribution in [0.2, 0.25) is 10.2 Å². The predicted molar refractivity (Wildman–Crippen MR) is 45.4 cm³/mol. The van der Waals surface area contributed by atoms with Gasteiger partial charge in [0.2, 0.25) is 5.22 Å². The van der Waals surface area contributed by atoms with Crippen LogP contribution in [0.1, 0.15) is 0 Å². The van der Waals surface area contributed by atoms with Crippen LogP contribution in [0, 0.1) is 0 Å². The molecule has 3 heteroatoms. The van der Waals surface area contributed by atoms with Gasteiger partial charge in [0.1, 0.15) is 0 Å². The van der Waals surface area contributed by atoms with Gasteiger partial charge in [-0.1, -0.05) is 17.7 Å². The molecule has 1 aliphatic carbocycles. The molecule has 0 aromatic rings. The van der Waals surface area contributed by atoms with Gasteiger partial charge in [0.15, 0.2) is 0 Å². The standard InChI is InChI=1S/C8H4Cl2O/c9-6-2-1-5-3-4-11-8(10)7(5)6/h1-4H. The van der Waals surface area contributed by atoms with E-state index >= 15 is 0 Å². The van der Waals surface area contributed by atoms with E-state index in [1.165, 1.54) is 0 Å². The third kappa shape index (κ3) is 1.01. The Bertz CT molecular complexity index is 353. The van der Waals surface area contributed by atoms with Crippen LogP contribution in [-0.4, -0.2) is 0 Å². The molecule has 0 aromatic carbocycles. The molecule has 0 spiro atoms. The maximum Gasteiger partial charge on any atom is 0.202 e. The molecule has 56 valence electrons. The lowest BCUT2D eigenvalue weighted by Gasteiger charge is -1.99. The monoisotopic (exact) mass is 186 g/mol. The summed E-state index contributed by atoms with van der Waals surface area (Å²) in [4.78, 5) is 0. The van der Waals surface area contributed by atoms with Crippen molar-refractivity contribution in [2.24, 2.45) is 0 Å². The van der Waals surface area contributed by atoms with Gasteiger partial charge in [-0.3, -0.25) is 0 Å². The Morgan fingerprint density at radius 2 is 1.91 bits per heavy atom. The summed E-state index contributed by atoms with van der Waals surface area (Å²) in [6, 6.07) is 5.53. The van der Waals surface area contributed by atoms with E-state index in [2.05, 4.69) is 0 Å². The number of hydrogen-bond donors (Lipinski definition) is 0. The summed E-state index contributed by atoms with van der Waals surface area (Å²) in [6.07, 6.45) is 1.54. The molecule has 2 rings (SSSR count). The Kier molecular flexibility index (Phi) is 1.55. The highest BCUT2D eigenvalue weighted by Crippen LogP contribution is 2.37. The van der Waals surface area contributed by atoms with Crippen molar-refractivity contribution in [1.82, 2.24) is 0 Å². The van der Waals surface area contributed by atoms with Crippen LogP contribution in [-0.2, 0) is 0 Å². The Hall–Kier alpha value is -0.660. The summed E-state index contributed by atoms with van der Waals surface area (Å²) in [5.41, 5.74) is 1.79. The molecule has 0 saturated carbocycles. The van der Waals surface area contributed by atoms with E-state index in [9.17, 15) is 0 Å². The van der Waals surface area contributed by atoms with Gasteiger partial charge < -0.3 is 4.42 Å². The van der Waals surface area contributed by atoms with Gasteiger partial charge in [0, 0.05) is 0 Å². The van der Waals surface area contributed by atoms with Crippen molar-refractivity contribution >= 4 is 23.2 Å². The van der Waals surface area contributed by atoms with Crippen LogP contribution < -0.4 is 0 Å². The predicted octanol–water partition coefficient (Wildman–Crippen LogP) is 3.69. The quantitative estimate of drug-likeness (QED) is 0.612. The first-order valence-corrected chi connectivity index (χ1v) is 3.86. The average Bonchev–Trinajstić information content (AvgIpc) is 2.34. The maximum absolute atomic E-state index is 5.83. The molecular formula is C8H4Cl2O. The average molecular weight is 187 g/mol. The maximum atomic E-state index is 5.83. The van der Waals surface area contributed by atoms with Crippen LogP contribution in [0.5, 0.6) is 0 Å². The summed E-state index contributed by atoms with van der Waals surface area (Å²) in [6.45, 7) is 0. The molecule has 0 aromatic heterocycles. The van der Waals surface area contributed by atoms with Crippen molar-refractivity contribution in [3.05, 3.63) is 34.7 Å². The molecule has 0 atom stereocenters. The Morgan fingerprint density at radius 3 is 2.64 bits per heavy atom. The van der Waals surface area contributed by atoms with Gasteiger partial charge in [0.25, 0.3) is 0 Å². The first-order valence-electron chi connectivity index (χ1n) is 3.10. The van der Waals surface area contributed by atoms with Crippen LogP contribution in [0.25, 0.3) is 11.1 Å². The Morgan fingerprint density at radius 1 is 1.09 bits per heavy atom. The zero-order chi connectivity index (χ0) is 7.84. The molecule has 0 saturated heterocycles. The molecule has 11 heavy (non-hydrogen) atoms. The molecule has 0 amide bonds. The van der Waals surface area contributed by atoms with Crippen LogP contribution in [0.4, 0.5) is 0 Å². The van der Waals surface area contributed by atoms with Crippen molar-refractivity contribution in [1.29, 1.82) is 0 Å². The largest absolute Gasteiger partial charge is 0.452 e. The first kappa shape index (κ1) is 7.01. The first-order chi connectivity index (χ1) is 5.29. The van der Waals surface area contributed by atoms with E-state index in [-0.39, 0.29) is 0 Å². The molecule has 0 N–H and O–H groups in total. The second-order valence-electron chi connectivity index (χ2n) is 2.21. The second kappa shape index (κ2) is 2.43. The molecule has 1 aliphatic heterocycles. The van der Waals surface area contributed by atoms with E-state index < -0.39 is 0 Å². The lowest BCUT2D eigenvalue weighted by atomic mass is 10.2. The van der Waals surface area contributed by atoms with Gasteiger partial charge in [-0.15, -0.1) is 0 Å². The normalized spacial score (nSPS) is 10.7. The van der Waals surface area contributed by atoms with Crippen molar-refractivity contribution in [3.8, 4) is 11.1 Å². The van der Waals surface area contributed by atoms with E-state index in [4.69, 9.17) is 27.6 Å². The zero-order valence-electron chi connectivity index (χ0n) is 5.47. The van der Waals surface area contributed by atoms with Crippen LogP contribution in [0.15, 0.2) is 28.9 Å². The van der Waals surface area contributed by atoms with Gasteiger partial charge in [-0.25, -0.2) is 0 Å². The van der Waals surface area contributed by atoms with Gasteiger partial charge in [0.05, 0.1) is 16.8 Å². The Labute approximate surface area is 73.9 Å². The van der Waals surface area contributed by atoms with Crippen LogP contribution >= 0.6 is 23.2 Å². The van der Waals surface area contributed by atoms with Gasteiger partial charge >= 0.3 is 0 Å². The molecule has 2 aliphatic rings. The summed E-state index contributed by atoms with van der Waals surface area (Å²) in [5, 5.41) is 0.979. The lowest BCUT2D eigenvalue weighted by molar-refractivity contribution is 0.554. The molecular weight excluding hydrogens is 183 g/mol. The highest BCUT2D eigenvalue weighted by atomic mass is 35.5. The second-order valence-corrected chi connectivity index (χ2v) is 2.96. The number of rotatable bonds is 0. The molecule has 1 heterocycles. The number of fused-ring (bicyclic) bond motifs is 1. The molecule has 0 radical (unpaired) electrons. The van der Waals surface area contributed by atoms with Crippen LogP contribution in [0.3, 0.4) is 0 Å². The number of hydrogen-bond acceptors (Lipinski definition) is 1. The van der Waals surface area contributed by atoms with Gasteiger partial charge in [-0.2, -0.15) is 0 Å². The molecule has 0 bridgehead atoms. The molecule has 1 nitrogen and oxygen atoms in total. The topological polar surface area (TPSA) is 13.1 Å². The van der Waals surface area contributed by atoms with E-state index in [1.54, 1.807) is 12.3 Å². The summed E-state index contributed by atoms with van der Waals surface area (Å²) in [5.74, 6) is 0. The fraction of sp³-hybridized carbons (Fsp3) is 0. The summed E-state index contributed by atoms with van der Waals surface area (Å²) in [7, 11) is 0. The SMILES string of the molecule is Clc1ccc2ccoc(Cl)c1-2. The number of halogens is 2. The summed E-state index contributed by atoms with van der Waals surface area (Å²) >= 11 is 11.6. The van der Waals surface area contributed by atoms with Crippen molar-refractivity contribution < 1.29 is 4.42 Å². The third-order valence-electron chi connectivity index (χ3n) is 1.55.